The number of carbonyl (C=O) groups is 1. The molecule has 0 unspecified atom stereocenters. The molecule has 0 radical (unpaired) electrons. The van der Waals surface area contributed by atoms with Crippen molar-refractivity contribution in [3.8, 4) is 11.5 Å². The highest BCUT2D eigenvalue weighted by Crippen LogP contribution is 2.25. The van der Waals surface area contributed by atoms with Crippen LogP contribution in [-0.2, 0) is 11.2 Å². The molecule has 5 nitrogen and oxygen atoms in total. The fourth-order valence-electron chi connectivity index (χ4n) is 3.38. The molecule has 0 spiro atoms. The number of benzene rings is 1. The number of carbonyl (C=O) groups excluding carboxylic acids is 1. The molecule has 26 heavy (non-hydrogen) atoms. The van der Waals surface area contributed by atoms with Gasteiger partial charge in [-0.25, -0.2) is 0 Å². The van der Waals surface area contributed by atoms with Gasteiger partial charge in [0.25, 0.3) is 0 Å². The summed E-state index contributed by atoms with van der Waals surface area (Å²) in [5.41, 5.74) is 0.994. The van der Waals surface area contributed by atoms with Crippen LogP contribution in [0.5, 0.6) is 11.5 Å². The lowest BCUT2D eigenvalue weighted by Crippen LogP contribution is -2.36. The van der Waals surface area contributed by atoms with E-state index < -0.39 is 0 Å². The average molecular weight is 385 g/mol. The molecule has 1 aliphatic rings. The van der Waals surface area contributed by atoms with Gasteiger partial charge in [0, 0.05) is 25.6 Å². The Kier molecular flexibility index (Phi) is 11.1. The van der Waals surface area contributed by atoms with Gasteiger partial charge in [-0.2, -0.15) is 0 Å². The Balaban J connectivity index is 0.00000338. The molecule has 0 bridgehead atoms. The van der Waals surface area contributed by atoms with Crippen molar-refractivity contribution in [1.82, 2.24) is 10.6 Å². The SMILES string of the molecule is COc1ccc(OC)c(CCC(=O)NCCNC2CCCCCC2)c1.Cl. The number of ether oxygens (including phenoxy) is 2. The molecular formula is C20H33ClN2O3. The molecule has 148 valence electrons. The largest absolute Gasteiger partial charge is 0.497 e. The van der Waals surface area contributed by atoms with Crippen LogP contribution in [0.25, 0.3) is 0 Å². The van der Waals surface area contributed by atoms with Gasteiger partial charge in [0.2, 0.25) is 5.91 Å². The summed E-state index contributed by atoms with van der Waals surface area (Å²) in [6, 6.07) is 6.30. The number of rotatable bonds is 9. The van der Waals surface area contributed by atoms with E-state index in [0.717, 1.165) is 23.6 Å². The van der Waals surface area contributed by atoms with Gasteiger partial charge in [-0.3, -0.25) is 4.79 Å². The first kappa shape index (κ1) is 22.6. The van der Waals surface area contributed by atoms with Gasteiger partial charge in [0.15, 0.2) is 0 Å². The Morgan fingerprint density at radius 2 is 1.81 bits per heavy atom. The minimum absolute atomic E-state index is 0. The molecule has 0 saturated heterocycles. The van der Waals surface area contributed by atoms with Gasteiger partial charge in [-0.15, -0.1) is 12.4 Å². The highest BCUT2D eigenvalue weighted by Gasteiger charge is 2.11. The number of methoxy groups -OCH3 is 2. The van der Waals surface area contributed by atoms with Crippen molar-refractivity contribution in [3.63, 3.8) is 0 Å². The molecule has 2 rings (SSSR count). The molecule has 0 aliphatic heterocycles. The Bertz CT molecular complexity index is 532. The molecule has 1 fully saturated rings. The van der Waals surface area contributed by atoms with Gasteiger partial charge in [0.1, 0.15) is 11.5 Å². The molecule has 1 aliphatic carbocycles. The lowest BCUT2D eigenvalue weighted by molar-refractivity contribution is -0.121. The van der Waals surface area contributed by atoms with E-state index in [9.17, 15) is 4.79 Å². The zero-order valence-electron chi connectivity index (χ0n) is 16.0. The van der Waals surface area contributed by atoms with E-state index >= 15 is 0 Å². The van der Waals surface area contributed by atoms with Gasteiger partial charge in [-0.1, -0.05) is 25.7 Å². The molecule has 0 atom stereocenters. The van der Waals surface area contributed by atoms with Gasteiger partial charge >= 0.3 is 0 Å². The number of aryl methyl sites for hydroxylation is 1. The summed E-state index contributed by atoms with van der Waals surface area (Å²) >= 11 is 0. The summed E-state index contributed by atoms with van der Waals surface area (Å²) in [7, 11) is 3.28. The first-order valence-electron chi connectivity index (χ1n) is 9.44. The molecule has 0 heterocycles. The summed E-state index contributed by atoms with van der Waals surface area (Å²) in [5.74, 6) is 1.65. The molecule has 0 aromatic heterocycles. The van der Waals surface area contributed by atoms with Crippen LogP contribution in [-0.4, -0.2) is 39.3 Å². The molecule has 1 aromatic rings. The van der Waals surface area contributed by atoms with E-state index in [1.54, 1.807) is 14.2 Å². The lowest BCUT2D eigenvalue weighted by atomic mass is 10.1. The third-order valence-corrected chi connectivity index (χ3v) is 4.84. The van der Waals surface area contributed by atoms with E-state index in [0.29, 0.717) is 25.4 Å². The van der Waals surface area contributed by atoms with Crippen LogP contribution in [0.4, 0.5) is 0 Å². The minimum Gasteiger partial charge on any atom is -0.497 e. The van der Waals surface area contributed by atoms with Crippen LogP contribution < -0.4 is 20.1 Å². The Hall–Kier alpha value is -1.46. The van der Waals surface area contributed by atoms with Crippen LogP contribution in [0.15, 0.2) is 18.2 Å². The Labute approximate surface area is 163 Å². The monoisotopic (exact) mass is 384 g/mol. The summed E-state index contributed by atoms with van der Waals surface area (Å²) in [5, 5.41) is 6.57. The third-order valence-electron chi connectivity index (χ3n) is 4.84. The number of nitrogens with one attached hydrogen (secondary N) is 2. The van der Waals surface area contributed by atoms with Crippen LogP contribution >= 0.6 is 12.4 Å². The van der Waals surface area contributed by atoms with Crippen LogP contribution in [0.2, 0.25) is 0 Å². The van der Waals surface area contributed by atoms with Crippen molar-refractivity contribution in [1.29, 1.82) is 0 Å². The summed E-state index contributed by atoms with van der Waals surface area (Å²) < 4.78 is 10.6. The second-order valence-corrected chi connectivity index (χ2v) is 6.67. The van der Waals surface area contributed by atoms with E-state index in [1.807, 2.05) is 18.2 Å². The topological polar surface area (TPSA) is 59.6 Å². The van der Waals surface area contributed by atoms with E-state index in [-0.39, 0.29) is 18.3 Å². The Morgan fingerprint density at radius 3 is 2.46 bits per heavy atom. The summed E-state index contributed by atoms with van der Waals surface area (Å²) in [4.78, 5) is 12.1. The molecule has 6 heteroatoms. The smallest absolute Gasteiger partial charge is 0.220 e. The average Bonchev–Trinajstić information content (AvgIpc) is 2.92. The first-order chi connectivity index (χ1) is 12.2. The summed E-state index contributed by atoms with van der Waals surface area (Å²) in [6.07, 6.45) is 9.01. The number of halogens is 1. The van der Waals surface area contributed by atoms with Gasteiger partial charge in [-0.05, 0) is 43.0 Å². The van der Waals surface area contributed by atoms with Crippen molar-refractivity contribution in [3.05, 3.63) is 23.8 Å². The van der Waals surface area contributed by atoms with Crippen LogP contribution in [0.1, 0.15) is 50.5 Å². The predicted molar refractivity (Wildman–Crippen MR) is 108 cm³/mol. The van der Waals surface area contributed by atoms with Crippen LogP contribution in [0, 0.1) is 0 Å². The number of hydrogen-bond acceptors (Lipinski definition) is 4. The highest BCUT2D eigenvalue weighted by molar-refractivity contribution is 5.85. The van der Waals surface area contributed by atoms with E-state index in [2.05, 4.69) is 10.6 Å². The van der Waals surface area contributed by atoms with Crippen molar-refractivity contribution < 1.29 is 14.3 Å². The van der Waals surface area contributed by atoms with Crippen molar-refractivity contribution in [2.24, 2.45) is 0 Å². The lowest BCUT2D eigenvalue weighted by Gasteiger charge is -2.16. The quantitative estimate of drug-likeness (QED) is 0.505. The maximum absolute atomic E-state index is 12.1. The normalized spacial score (nSPS) is 14.8. The van der Waals surface area contributed by atoms with Gasteiger partial charge in [0.05, 0.1) is 14.2 Å². The minimum atomic E-state index is 0. The third kappa shape index (κ3) is 7.83. The maximum Gasteiger partial charge on any atom is 0.220 e. The maximum atomic E-state index is 12.1. The Morgan fingerprint density at radius 1 is 1.08 bits per heavy atom. The highest BCUT2D eigenvalue weighted by atomic mass is 35.5. The van der Waals surface area contributed by atoms with Crippen molar-refractivity contribution in [2.45, 2.75) is 57.4 Å². The standard InChI is InChI=1S/C20H32N2O3.ClH/c1-24-18-10-11-19(25-2)16(15-18)9-12-20(23)22-14-13-21-17-7-5-3-4-6-8-17;/h10-11,15,17,21H,3-9,12-14H2,1-2H3,(H,22,23);1H. The van der Waals surface area contributed by atoms with Gasteiger partial charge < -0.3 is 20.1 Å². The fourth-order valence-corrected chi connectivity index (χ4v) is 3.38. The van der Waals surface area contributed by atoms with E-state index in [1.165, 1.54) is 38.5 Å². The molecule has 1 aromatic carbocycles. The van der Waals surface area contributed by atoms with Crippen LogP contribution in [0.3, 0.4) is 0 Å². The molecule has 1 saturated carbocycles. The zero-order chi connectivity index (χ0) is 17.9. The number of hydrogen-bond donors (Lipinski definition) is 2. The molecule has 1 amide bonds. The first-order valence-corrected chi connectivity index (χ1v) is 9.44. The molecular weight excluding hydrogens is 352 g/mol. The number of amides is 1. The second-order valence-electron chi connectivity index (χ2n) is 6.67. The predicted octanol–water partition coefficient (Wildman–Crippen LogP) is 3.49. The van der Waals surface area contributed by atoms with E-state index in [4.69, 9.17) is 9.47 Å². The fraction of sp³-hybridized carbons (Fsp3) is 0.650. The van der Waals surface area contributed by atoms with Crippen molar-refractivity contribution >= 4 is 18.3 Å². The van der Waals surface area contributed by atoms with Crippen molar-refractivity contribution in [2.75, 3.05) is 27.3 Å². The summed E-state index contributed by atoms with van der Waals surface area (Å²) in [6.45, 7) is 1.53. The zero-order valence-corrected chi connectivity index (χ0v) is 16.8. The molecule has 2 N–H and O–H groups in total. The second kappa shape index (κ2) is 12.8.